The molecule has 1 aliphatic heterocycles. The Hall–Kier alpha value is -8.63. The zero-order valence-corrected chi connectivity index (χ0v) is 51.8. The van der Waals surface area contributed by atoms with Gasteiger partial charge in [-0.25, -0.2) is 0 Å². The highest BCUT2D eigenvalue weighted by molar-refractivity contribution is 5.97. The van der Waals surface area contributed by atoms with Crippen molar-refractivity contribution in [1.82, 2.24) is 20.9 Å². The first-order valence-electron chi connectivity index (χ1n) is 30.6. The van der Waals surface area contributed by atoms with Crippen molar-refractivity contribution in [2.45, 2.75) is 141 Å². The van der Waals surface area contributed by atoms with Crippen LogP contribution in [-0.4, -0.2) is 131 Å². The summed E-state index contributed by atoms with van der Waals surface area (Å²) >= 11 is 0. The molecule has 1 saturated heterocycles. The molecule has 16 N–H and O–H groups in total. The van der Waals surface area contributed by atoms with Gasteiger partial charge in [-0.05, 0) is 91.9 Å². The zero-order chi connectivity index (χ0) is 65.2. The van der Waals surface area contributed by atoms with Gasteiger partial charge in [-0.15, -0.1) is 0 Å². The number of aliphatic imine (C=N–C) groups is 2. The molecular formula is C67H92N12O10. The largest absolute Gasteiger partial charge is 0.481 e. The van der Waals surface area contributed by atoms with E-state index < -0.39 is 113 Å². The molecule has 480 valence electrons. The smallest absolute Gasteiger partial charge is 0.310 e. The molecule has 89 heavy (non-hydrogen) atoms. The highest BCUT2D eigenvalue weighted by Crippen LogP contribution is 2.37. The number of carboxylic acids is 1. The van der Waals surface area contributed by atoms with E-state index in [9.17, 15) is 48.3 Å². The standard InChI is InChI=1S/C67H92N12O10/c1-42(2)31-48(38-57(81)55(36-47-23-15-8-16-24-47)78-62(86)52(69)35-46-21-13-7-14-22-46)60(84)76-53(25-28-74-65(70)71)59(83)40-67(64(88)89)26-29-79(30-27-67)63(87)50(41-75-66(72)73)39-58(82)54(32-43(3)4)77-61(85)49(33-44-17-9-5-10-18-44)37-56(80)51(68)34-45-19-11-6-12-20-45/h5-24,42-43,48-55H,25-41,68-69H2,1-4H3,(H,76,84)(H,77,85)(H,78,86)(H,88,89)(H4,70,71,74)(H4,72,73,75)/t48-,49-,50+,51+,52+,53+,54+,55+/m0/s1. The second kappa shape index (κ2) is 35.4. The molecule has 8 atom stereocenters. The number of nitrogens with zero attached hydrogens (tertiary/aromatic N) is 3. The number of Topliss-reactive ketones (excluding diaryl/α,β-unsaturated/α-hetero) is 4. The Balaban J connectivity index is 1.31. The third-order valence-electron chi connectivity index (χ3n) is 16.2. The molecule has 1 heterocycles. The molecule has 22 nitrogen and oxygen atoms in total. The number of hydrogen-bond donors (Lipinski definition) is 10. The Bertz CT molecular complexity index is 3040. The fourth-order valence-corrected chi connectivity index (χ4v) is 11.2. The van der Waals surface area contributed by atoms with Gasteiger partial charge in [-0.3, -0.25) is 53.1 Å². The van der Waals surface area contributed by atoms with Gasteiger partial charge in [0.25, 0.3) is 0 Å². The van der Waals surface area contributed by atoms with Crippen LogP contribution >= 0.6 is 0 Å². The summed E-state index contributed by atoms with van der Waals surface area (Å²) in [6.45, 7) is 6.75. The van der Waals surface area contributed by atoms with Crippen molar-refractivity contribution < 1.29 is 48.3 Å². The molecule has 5 rings (SSSR count). The third-order valence-corrected chi connectivity index (χ3v) is 16.2. The van der Waals surface area contributed by atoms with Crippen LogP contribution in [0.15, 0.2) is 131 Å². The van der Waals surface area contributed by atoms with Crippen LogP contribution in [-0.2, 0) is 68.8 Å². The van der Waals surface area contributed by atoms with Crippen molar-refractivity contribution in [3.05, 3.63) is 144 Å². The van der Waals surface area contributed by atoms with E-state index in [0.717, 1.165) is 22.3 Å². The maximum Gasteiger partial charge on any atom is 0.310 e. The molecular weight excluding hydrogens is 1130 g/mol. The summed E-state index contributed by atoms with van der Waals surface area (Å²) < 4.78 is 0. The number of aliphatic carboxylic acids is 1. The highest BCUT2D eigenvalue weighted by atomic mass is 16.4. The van der Waals surface area contributed by atoms with Crippen LogP contribution in [0.3, 0.4) is 0 Å². The maximum atomic E-state index is 14.6. The van der Waals surface area contributed by atoms with E-state index in [4.69, 9.17) is 34.4 Å². The van der Waals surface area contributed by atoms with Gasteiger partial charge in [-0.2, -0.15) is 0 Å². The van der Waals surface area contributed by atoms with Crippen molar-refractivity contribution in [1.29, 1.82) is 0 Å². The Morgan fingerprint density at radius 2 is 0.921 bits per heavy atom. The third kappa shape index (κ3) is 23.8. The monoisotopic (exact) mass is 1220 g/mol. The summed E-state index contributed by atoms with van der Waals surface area (Å²) in [5.41, 5.74) is 37.1. The van der Waals surface area contributed by atoms with Crippen molar-refractivity contribution in [2.24, 2.45) is 79.4 Å². The topological polar surface area (TPSA) is 394 Å². The molecule has 1 fully saturated rings. The highest BCUT2D eigenvalue weighted by Gasteiger charge is 2.46. The molecule has 4 amide bonds. The molecule has 0 bridgehead atoms. The van der Waals surface area contributed by atoms with Gasteiger partial charge >= 0.3 is 5.97 Å². The first-order chi connectivity index (χ1) is 42.3. The lowest BCUT2D eigenvalue weighted by atomic mass is 9.73. The number of guanidine groups is 2. The van der Waals surface area contributed by atoms with Gasteiger partial charge in [0.1, 0.15) is 0 Å². The number of carboxylic acid groups (broad SMARTS) is 1. The molecule has 22 heteroatoms. The van der Waals surface area contributed by atoms with Crippen LogP contribution in [0.2, 0.25) is 0 Å². The second-order valence-corrected chi connectivity index (χ2v) is 24.4. The van der Waals surface area contributed by atoms with Crippen molar-refractivity contribution in [3.8, 4) is 0 Å². The minimum absolute atomic E-state index is 0.108. The number of rotatable bonds is 37. The number of nitrogens with two attached hydrogens (primary N) is 6. The molecule has 1 aliphatic rings. The SMILES string of the molecule is CC(C)C[C@@H](CC(=O)[C@@H](Cc1ccccc1)NC(=O)[C@H](N)Cc1ccccc1)C(=O)N[C@H](CCN=C(N)N)C(=O)CC1(C(=O)O)CCN(C(=O)[C@@H](CN=C(N)N)CC(=O)[C@@H](CC(C)C)NC(=O)[C@H](CC(=O)[C@H](N)Cc2ccccc2)Cc2ccccc2)CC1. The van der Waals surface area contributed by atoms with Gasteiger partial charge in [0.2, 0.25) is 23.6 Å². The fraction of sp³-hybridized carbons (Fsp3) is 0.478. The number of carbonyl (C=O) groups is 9. The van der Waals surface area contributed by atoms with Gasteiger partial charge in [0.05, 0.1) is 48.1 Å². The Morgan fingerprint density at radius 3 is 1.42 bits per heavy atom. The molecule has 0 radical (unpaired) electrons. The first-order valence-corrected chi connectivity index (χ1v) is 30.6. The van der Waals surface area contributed by atoms with Crippen LogP contribution < -0.4 is 50.4 Å². The van der Waals surface area contributed by atoms with Crippen molar-refractivity contribution >= 4 is 64.7 Å². The van der Waals surface area contributed by atoms with E-state index in [-0.39, 0.29) is 126 Å². The van der Waals surface area contributed by atoms with Crippen LogP contribution in [0.1, 0.15) is 108 Å². The van der Waals surface area contributed by atoms with Crippen molar-refractivity contribution in [3.63, 3.8) is 0 Å². The predicted molar refractivity (Wildman–Crippen MR) is 342 cm³/mol. The van der Waals surface area contributed by atoms with E-state index in [1.165, 1.54) is 4.90 Å². The number of benzene rings is 4. The van der Waals surface area contributed by atoms with Crippen LogP contribution in [0, 0.1) is 35.0 Å². The van der Waals surface area contributed by atoms with E-state index in [0.29, 0.717) is 0 Å². The molecule has 4 aromatic carbocycles. The number of likely N-dealkylation sites (tertiary alicyclic amines) is 1. The predicted octanol–water partition coefficient (Wildman–Crippen LogP) is 3.47. The summed E-state index contributed by atoms with van der Waals surface area (Å²) in [5.74, 6) is -9.39. The van der Waals surface area contributed by atoms with Gasteiger partial charge in [0, 0.05) is 57.2 Å². The summed E-state index contributed by atoms with van der Waals surface area (Å²) in [7, 11) is 0. The van der Waals surface area contributed by atoms with E-state index in [1.807, 2.05) is 137 Å². The number of piperidine rings is 1. The van der Waals surface area contributed by atoms with Crippen LogP contribution in [0.25, 0.3) is 0 Å². The van der Waals surface area contributed by atoms with Gasteiger partial charge in [0.15, 0.2) is 35.1 Å². The molecule has 0 spiro atoms. The summed E-state index contributed by atoms with van der Waals surface area (Å²) in [5, 5.41) is 19.5. The number of ketones is 4. The van der Waals surface area contributed by atoms with Gasteiger partial charge < -0.3 is 60.4 Å². The number of amides is 4. The molecule has 0 aliphatic carbocycles. The average molecular weight is 1230 g/mol. The first kappa shape index (κ1) is 71.1. The summed E-state index contributed by atoms with van der Waals surface area (Å²) in [6.07, 6.45) is -0.844. The van der Waals surface area contributed by atoms with E-state index in [1.54, 1.807) is 12.1 Å². The Morgan fingerprint density at radius 1 is 0.494 bits per heavy atom. The lowest BCUT2D eigenvalue weighted by Gasteiger charge is -2.40. The second-order valence-electron chi connectivity index (χ2n) is 24.4. The molecule has 4 aromatic rings. The summed E-state index contributed by atoms with van der Waals surface area (Å²) in [6, 6.07) is 31.4. The maximum absolute atomic E-state index is 14.6. The normalized spacial score (nSPS) is 15.6. The quantitative estimate of drug-likeness (QED) is 0.0228. The fourth-order valence-electron chi connectivity index (χ4n) is 11.2. The van der Waals surface area contributed by atoms with Crippen LogP contribution in [0.4, 0.5) is 0 Å². The zero-order valence-electron chi connectivity index (χ0n) is 51.8. The Labute approximate surface area is 522 Å². The minimum atomic E-state index is -1.72. The minimum Gasteiger partial charge on any atom is -0.481 e. The lowest BCUT2D eigenvalue weighted by Crippen LogP contribution is -2.52. The molecule has 0 unspecified atom stereocenters. The number of nitrogens with one attached hydrogen (secondary N) is 3. The number of hydrogen-bond acceptors (Lipinski definition) is 13. The Kier molecular flexibility index (Phi) is 28.3. The van der Waals surface area contributed by atoms with E-state index >= 15 is 0 Å². The average Bonchev–Trinajstić information content (AvgIpc) is 2.64. The summed E-state index contributed by atoms with van der Waals surface area (Å²) in [4.78, 5) is 137. The van der Waals surface area contributed by atoms with Gasteiger partial charge in [-0.1, -0.05) is 149 Å². The number of carbonyl (C=O) groups excluding carboxylic acids is 8. The lowest BCUT2D eigenvalue weighted by molar-refractivity contribution is -0.157. The van der Waals surface area contributed by atoms with Crippen molar-refractivity contribution in [2.75, 3.05) is 26.2 Å². The van der Waals surface area contributed by atoms with Crippen LogP contribution in [0.5, 0.6) is 0 Å². The van der Waals surface area contributed by atoms with E-state index in [2.05, 4.69) is 25.9 Å². The molecule has 0 aromatic heterocycles. The molecule has 0 saturated carbocycles.